The van der Waals surface area contributed by atoms with E-state index in [0.29, 0.717) is 17.7 Å². The van der Waals surface area contributed by atoms with Crippen LogP contribution in [0.4, 0.5) is 0 Å². The summed E-state index contributed by atoms with van der Waals surface area (Å²) in [4.78, 5) is 15.8. The van der Waals surface area contributed by atoms with Gasteiger partial charge in [0.25, 0.3) is 5.91 Å². The van der Waals surface area contributed by atoms with Crippen LogP contribution in [-0.2, 0) is 17.6 Å². The molecule has 1 aromatic heterocycles. The molecule has 5 nitrogen and oxygen atoms in total. The Morgan fingerprint density at radius 3 is 2.68 bits per heavy atom. The molecule has 1 saturated carbocycles. The molecule has 1 saturated heterocycles. The van der Waals surface area contributed by atoms with Crippen molar-refractivity contribution < 1.29 is 9.53 Å². The zero-order chi connectivity index (χ0) is 18.9. The fourth-order valence-corrected chi connectivity index (χ4v) is 4.66. The molecule has 0 bridgehead atoms. The fraction of sp³-hybridized carbons (Fsp3) is 0.565. The van der Waals surface area contributed by atoms with Gasteiger partial charge in [-0.2, -0.15) is 5.10 Å². The summed E-state index contributed by atoms with van der Waals surface area (Å²) in [6.45, 7) is 2.43. The first-order valence-corrected chi connectivity index (χ1v) is 10.9. The highest BCUT2D eigenvalue weighted by Gasteiger charge is 2.37. The highest BCUT2D eigenvalue weighted by atomic mass is 16.5. The number of aromatic nitrogens is 2. The zero-order valence-electron chi connectivity index (χ0n) is 16.5. The standard InChI is InChI=1S/C23H29N3O2/c27-23(25(18-11-12-18)15-17-13-14-28-16-17)22-20-9-5-2-6-10-21(20)26(24-22)19-7-3-1-4-8-19/h1,3-4,7-8,17-18H,2,5-6,9-16H2. The number of nitrogens with zero attached hydrogens (tertiary/aromatic N) is 3. The van der Waals surface area contributed by atoms with Crippen LogP contribution in [0.15, 0.2) is 30.3 Å². The van der Waals surface area contributed by atoms with E-state index in [1.165, 1.54) is 24.1 Å². The lowest BCUT2D eigenvalue weighted by Gasteiger charge is -2.24. The van der Waals surface area contributed by atoms with Crippen molar-refractivity contribution in [1.29, 1.82) is 0 Å². The number of ether oxygens (including phenoxy) is 1. The van der Waals surface area contributed by atoms with E-state index in [1.54, 1.807) is 0 Å². The van der Waals surface area contributed by atoms with Crippen LogP contribution >= 0.6 is 0 Å². The van der Waals surface area contributed by atoms with Gasteiger partial charge in [0.05, 0.1) is 12.3 Å². The van der Waals surface area contributed by atoms with Crippen molar-refractivity contribution in [3.8, 4) is 5.69 Å². The summed E-state index contributed by atoms with van der Waals surface area (Å²) in [5, 5.41) is 4.90. The molecule has 1 unspecified atom stereocenters. The van der Waals surface area contributed by atoms with Crippen molar-refractivity contribution in [2.24, 2.45) is 5.92 Å². The van der Waals surface area contributed by atoms with Crippen molar-refractivity contribution in [2.75, 3.05) is 19.8 Å². The lowest BCUT2D eigenvalue weighted by atomic mass is 10.1. The van der Waals surface area contributed by atoms with E-state index < -0.39 is 0 Å². The third kappa shape index (κ3) is 3.48. The second kappa shape index (κ2) is 7.70. The molecule has 1 amide bonds. The first kappa shape index (κ1) is 17.9. The van der Waals surface area contributed by atoms with Gasteiger partial charge < -0.3 is 9.64 Å². The van der Waals surface area contributed by atoms with Crippen molar-refractivity contribution in [3.63, 3.8) is 0 Å². The molecule has 2 aromatic rings. The third-order valence-electron chi connectivity index (χ3n) is 6.36. The van der Waals surface area contributed by atoms with Crippen molar-refractivity contribution in [2.45, 2.75) is 57.4 Å². The number of hydrogen-bond acceptors (Lipinski definition) is 3. The number of hydrogen-bond donors (Lipinski definition) is 0. The molecule has 1 aliphatic heterocycles. The van der Waals surface area contributed by atoms with Gasteiger partial charge in [-0.15, -0.1) is 0 Å². The molecular weight excluding hydrogens is 350 g/mol. The maximum absolute atomic E-state index is 13.7. The van der Waals surface area contributed by atoms with Crippen LogP contribution < -0.4 is 0 Å². The van der Waals surface area contributed by atoms with Crippen LogP contribution in [0.2, 0.25) is 0 Å². The largest absolute Gasteiger partial charge is 0.381 e. The fourth-order valence-electron chi connectivity index (χ4n) is 4.66. The lowest BCUT2D eigenvalue weighted by Crippen LogP contribution is -2.38. The first-order chi connectivity index (χ1) is 13.8. The van der Waals surface area contributed by atoms with Gasteiger partial charge in [0.1, 0.15) is 0 Å². The predicted octanol–water partition coefficient (Wildman–Crippen LogP) is 3.78. The molecule has 0 radical (unpaired) electrons. The third-order valence-corrected chi connectivity index (χ3v) is 6.36. The Bertz CT molecular complexity index is 835. The molecule has 1 atom stereocenters. The topological polar surface area (TPSA) is 47.4 Å². The van der Waals surface area contributed by atoms with Gasteiger partial charge in [0.15, 0.2) is 5.69 Å². The number of rotatable bonds is 5. The minimum atomic E-state index is 0.141. The molecule has 2 fully saturated rings. The number of amides is 1. The van der Waals surface area contributed by atoms with Gasteiger partial charge in [0.2, 0.25) is 0 Å². The highest BCUT2D eigenvalue weighted by Crippen LogP contribution is 2.33. The summed E-state index contributed by atoms with van der Waals surface area (Å²) >= 11 is 0. The Hall–Kier alpha value is -2.14. The summed E-state index contributed by atoms with van der Waals surface area (Å²) in [6.07, 6.45) is 8.83. The molecule has 3 aliphatic rings. The van der Waals surface area contributed by atoms with Crippen molar-refractivity contribution in [1.82, 2.24) is 14.7 Å². The van der Waals surface area contributed by atoms with Crippen LogP contribution in [0.25, 0.3) is 5.69 Å². The normalized spacial score (nSPS) is 21.9. The number of carbonyl (C=O) groups excluding carboxylic acids is 1. The minimum absolute atomic E-state index is 0.141. The smallest absolute Gasteiger partial charge is 0.274 e. The molecule has 148 valence electrons. The maximum Gasteiger partial charge on any atom is 0.274 e. The summed E-state index contributed by atoms with van der Waals surface area (Å²) < 4.78 is 7.59. The van der Waals surface area contributed by atoms with E-state index in [0.717, 1.165) is 64.0 Å². The average molecular weight is 380 g/mol. The molecule has 5 rings (SSSR count). The Labute approximate surface area is 166 Å². The van der Waals surface area contributed by atoms with Gasteiger partial charge in [-0.05, 0) is 57.1 Å². The molecule has 28 heavy (non-hydrogen) atoms. The summed E-state index contributed by atoms with van der Waals surface area (Å²) in [5.41, 5.74) is 4.19. The van der Waals surface area contributed by atoms with Crippen LogP contribution in [0.1, 0.15) is 60.3 Å². The van der Waals surface area contributed by atoms with E-state index in [1.807, 2.05) is 22.9 Å². The number of carbonyl (C=O) groups is 1. The van der Waals surface area contributed by atoms with Gasteiger partial charge in [-0.25, -0.2) is 4.68 Å². The maximum atomic E-state index is 13.7. The number of benzene rings is 1. The zero-order valence-corrected chi connectivity index (χ0v) is 16.5. The van der Waals surface area contributed by atoms with Gasteiger partial charge >= 0.3 is 0 Å². The second-order valence-corrected chi connectivity index (χ2v) is 8.50. The van der Waals surface area contributed by atoms with E-state index in [-0.39, 0.29) is 5.91 Å². The monoisotopic (exact) mass is 379 g/mol. The summed E-state index contributed by atoms with van der Waals surface area (Å²) in [7, 11) is 0. The molecule has 2 heterocycles. The number of fused-ring (bicyclic) bond motifs is 1. The molecule has 0 spiro atoms. The van der Waals surface area contributed by atoms with E-state index >= 15 is 0 Å². The van der Waals surface area contributed by atoms with Gasteiger partial charge in [0, 0.05) is 36.4 Å². The van der Waals surface area contributed by atoms with E-state index in [4.69, 9.17) is 9.84 Å². The van der Waals surface area contributed by atoms with Crippen LogP contribution in [0.3, 0.4) is 0 Å². The molecule has 2 aliphatic carbocycles. The first-order valence-electron chi connectivity index (χ1n) is 10.9. The van der Waals surface area contributed by atoms with Crippen LogP contribution in [0, 0.1) is 5.92 Å². The van der Waals surface area contributed by atoms with E-state index in [9.17, 15) is 4.79 Å². The SMILES string of the molecule is O=C(c1nn(-c2ccccc2)c2c1CCCCC2)N(CC1CCOC1)C1CC1. The lowest BCUT2D eigenvalue weighted by molar-refractivity contribution is 0.0698. The molecule has 5 heteroatoms. The minimum Gasteiger partial charge on any atom is -0.381 e. The molecule has 0 N–H and O–H groups in total. The number of para-hydroxylation sites is 1. The summed E-state index contributed by atoms with van der Waals surface area (Å²) in [5.74, 6) is 0.613. The second-order valence-electron chi connectivity index (χ2n) is 8.50. The quantitative estimate of drug-likeness (QED) is 0.743. The highest BCUT2D eigenvalue weighted by molar-refractivity contribution is 5.94. The Morgan fingerprint density at radius 1 is 1.11 bits per heavy atom. The molecular formula is C23H29N3O2. The Morgan fingerprint density at radius 2 is 1.93 bits per heavy atom. The van der Waals surface area contributed by atoms with Crippen molar-refractivity contribution in [3.05, 3.63) is 47.3 Å². The van der Waals surface area contributed by atoms with Gasteiger partial charge in [-0.1, -0.05) is 24.6 Å². The predicted molar refractivity (Wildman–Crippen MR) is 108 cm³/mol. The van der Waals surface area contributed by atoms with Crippen LogP contribution in [-0.4, -0.2) is 46.4 Å². The molecule has 1 aromatic carbocycles. The Balaban J connectivity index is 1.51. The van der Waals surface area contributed by atoms with Gasteiger partial charge in [-0.3, -0.25) is 4.79 Å². The average Bonchev–Trinajstić information content (AvgIpc) is 3.40. The summed E-state index contributed by atoms with van der Waals surface area (Å²) in [6, 6.07) is 10.7. The van der Waals surface area contributed by atoms with Crippen molar-refractivity contribution >= 4 is 5.91 Å². The van der Waals surface area contributed by atoms with Crippen LogP contribution in [0.5, 0.6) is 0 Å². The Kier molecular flexibility index (Phi) is 4.93. The van der Waals surface area contributed by atoms with E-state index in [2.05, 4.69) is 17.0 Å².